The van der Waals surface area contributed by atoms with Gasteiger partial charge in [0.15, 0.2) is 0 Å². The zero-order valence-electron chi connectivity index (χ0n) is 21.2. The van der Waals surface area contributed by atoms with Crippen molar-refractivity contribution in [3.8, 4) is 5.75 Å². The maximum absolute atomic E-state index is 13.2. The maximum Gasteiger partial charge on any atom is 0.251 e. The number of hydrogen-bond acceptors (Lipinski definition) is 6. The number of carbonyl (C=O) groups excluding carboxylic acids is 1. The topological polar surface area (TPSA) is 119 Å². The first-order valence-corrected chi connectivity index (χ1v) is 13.9. The number of nitrogens with one attached hydrogen (secondary N) is 2. The van der Waals surface area contributed by atoms with Crippen LogP contribution in [0.15, 0.2) is 78.9 Å². The van der Waals surface area contributed by atoms with Crippen LogP contribution in [-0.4, -0.2) is 56.0 Å². The Labute approximate surface area is 219 Å². The van der Waals surface area contributed by atoms with Gasteiger partial charge in [-0.1, -0.05) is 55.5 Å². The largest absolute Gasteiger partial charge is 0.508 e. The SMILES string of the molecule is CCCS(=O)(=O)N(C)c1cccc(C(=O)N[C@@H](Cc2ccccc2)[C@H](O)CNCc2cccc(O)c2)c1. The van der Waals surface area contributed by atoms with Gasteiger partial charge < -0.3 is 20.8 Å². The first-order valence-electron chi connectivity index (χ1n) is 12.3. The number of anilines is 1. The molecule has 3 aromatic carbocycles. The molecule has 0 spiro atoms. The molecule has 0 fully saturated rings. The molecule has 9 heteroatoms. The lowest BCUT2D eigenvalue weighted by atomic mass is 10.00. The van der Waals surface area contributed by atoms with Gasteiger partial charge in [-0.2, -0.15) is 0 Å². The van der Waals surface area contributed by atoms with E-state index in [0.29, 0.717) is 30.6 Å². The molecule has 8 nitrogen and oxygen atoms in total. The van der Waals surface area contributed by atoms with Crippen molar-refractivity contribution in [2.24, 2.45) is 0 Å². The quantitative estimate of drug-likeness (QED) is 0.272. The summed E-state index contributed by atoms with van der Waals surface area (Å²) in [5, 5.41) is 26.7. The number of aliphatic hydroxyl groups excluding tert-OH is 1. The van der Waals surface area contributed by atoms with Crippen molar-refractivity contribution in [2.75, 3.05) is 23.7 Å². The molecule has 3 aromatic rings. The number of aliphatic hydroxyl groups is 1. The highest BCUT2D eigenvalue weighted by Gasteiger charge is 2.23. The Hall–Kier alpha value is -3.40. The van der Waals surface area contributed by atoms with Crippen LogP contribution in [0.5, 0.6) is 5.75 Å². The van der Waals surface area contributed by atoms with Crippen molar-refractivity contribution < 1.29 is 23.4 Å². The maximum atomic E-state index is 13.2. The predicted molar refractivity (Wildman–Crippen MR) is 146 cm³/mol. The monoisotopic (exact) mass is 525 g/mol. The molecule has 3 rings (SSSR count). The van der Waals surface area contributed by atoms with E-state index in [4.69, 9.17) is 0 Å². The average molecular weight is 526 g/mol. The molecular formula is C28H35N3O5S. The highest BCUT2D eigenvalue weighted by atomic mass is 32.2. The Morgan fingerprint density at radius 1 is 0.973 bits per heavy atom. The first-order chi connectivity index (χ1) is 17.7. The average Bonchev–Trinajstić information content (AvgIpc) is 2.88. The van der Waals surface area contributed by atoms with Gasteiger partial charge in [0.1, 0.15) is 5.75 Å². The number of hydrogen-bond donors (Lipinski definition) is 4. The molecule has 0 aromatic heterocycles. The van der Waals surface area contributed by atoms with E-state index in [-0.39, 0.29) is 18.0 Å². The molecule has 0 radical (unpaired) electrons. The van der Waals surface area contributed by atoms with Gasteiger partial charge in [0.2, 0.25) is 10.0 Å². The van der Waals surface area contributed by atoms with Gasteiger partial charge in [0.25, 0.3) is 5.91 Å². The summed E-state index contributed by atoms with van der Waals surface area (Å²) in [6, 6.07) is 22.3. The molecule has 1 amide bonds. The van der Waals surface area contributed by atoms with E-state index in [2.05, 4.69) is 10.6 Å². The van der Waals surface area contributed by atoms with Crippen molar-refractivity contribution in [1.82, 2.24) is 10.6 Å². The van der Waals surface area contributed by atoms with Gasteiger partial charge in [-0.15, -0.1) is 0 Å². The van der Waals surface area contributed by atoms with Crippen LogP contribution < -0.4 is 14.9 Å². The smallest absolute Gasteiger partial charge is 0.251 e. The second-order valence-corrected chi connectivity index (χ2v) is 11.1. The molecule has 0 aliphatic rings. The molecule has 198 valence electrons. The zero-order valence-corrected chi connectivity index (χ0v) is 22.0. The molecule has 0 unspecified atom stereocenters. The number of carbonyl (C=O) groups is 1. The van der Waals surface area contributed by atoms with E-state index in [9.17, 15) is 23.4 Å². The van der Waals surface area contributed by atoms with Crippen LogP contribution in [0.1, 0.15) is 34.8 Å². The summed E-state index contributed by atoms with van der Waals surface area (Å²) in [4.78, 5) is 13.2. The number of nitrogens with zero attached hydrogens (tertiary/aromatic N) is 1. The normalized spacial score (nSPS) is 13.1. The summed E-state index contributed by atoms with van der Waals surface area (Å²) < 4.78 is 26.1. The summed E-state index contributed by atoms with van der Waals surface area (Å²) in [7, 11) is -2.01. The summed E-state index contributed by atoms with van der Waals surface area (Å²) >= 11 is 0. The lowest BCUT2D eigenvalue weighted by Crippen LogP contribution is -2.48. The van der Waals surface area contributed by atoms with Crippen molar-refractivity contribution in [3.05, 3.63) is 95.6 Å². The molecule has 0 aliphatic heterocycles. The van der Waals surface area contributed by atoms with Crippen LogP contribution in [-0.2, 0) is 23.0 Å². The number of phenols is 1. The number of sulfonamides is 1. The van der Waals surface area contributed by atoms with Crippen molar-refractivity contribution in [2.45, 2.75) is 38.5 Å². The van der Waals surface area contributed by atoms with E-state index in [0.717, 1.165) is 11.1 Å². The van der Waals surface area contributed by atoms with E-state index in [1.807, 2.05) is 36.4 Å². The second-order valence-electron chi connectivity index (χ2n) is 8.97. The molecule has 4 N–H and O–H groups in total. The lowest BCUT2D eigenvalue weighted by Gasteiger charge is -2.25. The van der Waals surface area contributed by atoms with Gasteiger partial charge in [-0.25, -0.2) is 8.42 Å². The summed E-state index contributed by atoms with van der Waals surface area (Å²) in [5.41, 5.74) is 2.52. The van der Waals surface area contributed by atoms with E-state index in [1.165, 1.54) is 17.4 Å². The third kappa shape index (κ3) is 8.31. The van der Waals surface area contributed by atoms with Crippen LogP contribution in [0.4, 0.5) is 5.69 Å². The second kappa shape index (κ2) is 13.2. The zero-order chi connectivity index (χ0) is 26.8. The molecule has 0 saturated carbocycles. The molecule has 0 aliphatic carbocycles. The minimum absolute atomic E-state index is 0.0147. The van der Waals surface area contributed by atoms with Gasteiger partial charge >= 0.3 is 0 Å². The van der Waals surface area contributed by atoms with Crippen LogP contribution in [0.3, 0.4) is 0 Å². The Balaban J connectivity index is 1.72. The van der Waals surface area contributed by atoms with Crippen molar-refractivity contribution in [1.29, 1.82) is 0 Å². The summed E-state index contributed by atoms with van der Waals surface area (Å²) in [6.45, 7) is 2.45. The molecular weight excluding hydrogens is 490 g/mol. The predicted octanol–water partition coefficient (Wildman–Crippen LogP) is 3.06. The fraction of sp³-hybridized carbons (Fsp3) is 0.321. The van der Waals surface area contributed by atoms with Gasteiger partial charge in [-0.3, -0.25) is 9.10 Å². The van der Waals surface area contributed by atoms with Crippen molar-refractivity contribution in [3.63, 3.8) is 0 Å². The Morgan fingerprint density at radius 3 is 2.38 bits per heavy atom. The highest BCUT2D eigenvalue weighted by Crippen LogP contribution is 2.19. The third-order valence-corrected chi connectivity index (χ3v) is 7.99. The number of benzene rings is 3. The van der Waals surface area contributed by atoms with E-state index in [1.54, 1.807) is 43.3 Å². The molecule has 0 heterocycles. The van der Waals surface area contributed by atoms with E-state index >= 15 is 0 Å². The number of aromatic hydroxyl groups is 1. The molecule has 0 saturated heterocycles. The summed E-state index contributed by atoms with van der Waals surface area (Å²) in [6.07, 6.45) is -0.00512. The van der Waals surface area contributed by atoms with Gasteiger partial charge in [-0.05, 0) is 54.3 Å². The van der Waals surface area contributed by atoms with Crippen molar-refractivity contribution >= 4 is 21.6 Å². The number of amides is 1. The van der Waals surface area contributed by atoms with Crippen LogP contribution in [0.2, 0.25) is 0 Å². The standard InChI is InChI=1S/C28H35N3O5S/c1-3-15-37(35,36)31(2)24-13-8-12-23(18-24)28(34)30-26(17-21-9-5-4-6-10-21)27(33)20-29-19-22-11-7-14-25(32)16-22/h4-14,16,18,26-27,29,32-33H,3,15,17,19-20H2,1-2H3,(H,30,34)/t26-,27+/m0/s1. The fourth-order valence-electron chi connectivity index (χ4n) is 3.97. The highest BCUT2D eigenvalue weighted by molar-refractivity contribution is 7.92. The number of rotatable bonds is 13. The Morgan fingerprint density at radius 2 is 1.68 bits per heavy atom. The number of phenolic OH excluding ortho intramolecular Hbond substituents is 1. The molecule has 0 bridgehead atoms. The fourth-order valence-corrected chi connectivity index (χ4v) is 5.20. The Kier molecular flexibility index (Phi) is 10.1. The first kappa shape index (κ1) is 28.2. The lowest BCUT2D eigenvalue weighted by molar-refractivity contribution is 0.0830. The molecule has 37 heavy (non-hydrogen) atoms. The van der Waals surface area contributed by atoms with Crippen LogP contribution in [0.25, 0.3) is 0 Å². The Bertz CT molecular complexity index is 1270. The third-order valence-electron chi connectivity index (χ3n) is 6.02. The molecule has 2 atom stereocenters. The van der Waals surface area contributed by atoms with Gasteiger partial charge in [0.05, 0.1) is 23.6 Å². The van der Waals surface area contributed by atoms with Gasteiger partial charge in [0, 0.05) is 25.7 Å². The van der Waals surface area contributed by atoms with Crippen LogP contribution >= 0.6 is 0 Å². The van der Waals surface area contributed by atoms with Crippen LogP contribution in [0, 0.1) is 0 Å². The minimum atomic E-state index is -3.48. The summed E-state index contributed by atoms with van der Waals surface area (Å²) in [5.74, 6) is -0.221. The minimum Gasteiger partial charge on any atom is -0.508 e. The van der Waals surface area contributed by atoms with E-state index < -0.39 is 28.1 Å².